The molecule has 0 aliphatic carbocycles. The highest BCUT2D eigenvalue weighted by Gasteiger charge is 2.35. The van der Waals surface area contributed by atoms with Gasteiger partial charge in [0.05, 0.1) is 6.33 Å². The lowest BCUT2D eigenvalue weighted by Crippen LogP contribution is -2.48. The number of aryl methyl sites for hydroxylation is 1. The fraction of sp³-hybridized carbons (Fsp3) is 0.750. The van der Waals surface area contributed by atoms with Gasteiger partial charge < -0.3 is 14.2 Å². The van der Waals surface area contributed by atoms with Crippen LogP contribution in [0.2, 0.25) is 0 Å². The van der Waals surface area contributed by atoms with Gasteiger partial charge in [0.2, 0.25) is 0 Å². The second-order valence-electron chi connectivity index (χ2n) is 7.48. The molecule has 0 radical (unpaired) electrons. The first kappa shape index (κ1) is 15.9. The molecular formula is C16H27N3O2. The van der Waals surface area contributed by atoms with Crippen molar-refractivity contribution in [3.05, 3.63) is 18.2 Å². The van der Waals surface area contributed by atoms with Gasteiger partial charge in [-0.25, -0.2) is 9.78 Å². The molecule has 1 aliphatic heterocycles. The van der Waals surface area contributed by atoms with Crippen molar-refractivity contribution in [2.75, 3.05) is 13.1 Å². The second-order valence-corrected chi connectivity index (χ2v) is 7.48. The van der Waals surface area contributed by atoms with Crippen LogP contribution in [0.25, 0.3) is 0 Å². The molecule has 1 aromatic rings. The van der Waals surface area contributed by atoms with E-state index in [1.165, 1.54) is 0 Å². The summed E-state index contributed by atoms with van der Waals surface area (Å²) in [5, 5.41) is 0. The lowest BCUT2D eigenvalue weighted by atomic mass is 9.82. The molecule has 0 aromatic carbocycles. The minimum absolute atomic E-state index is 0.0701. The number of hydrogen-bond donors (Lipinski definition) is 0. The summed E-state index contributed by atoms with van der Waals surface area (Å²) in [6.45, 7) is 12.4. The SMILES string of the molecule is Cc1cncn1C[C@@]1(C)CCCN(C(=O)OC(C)(C)C)C1. The average molecular weight is 293 g/mol. The summed E-state index contributed by atoms with van der Waals surface area (Å²) in [5.74, 6) is 0. The third-order valence-corrected chi connectivity index (χ3v) is 3.91. The van der Waals surface area contributed by atoms with E-state index in [9.17, 15) is 4.79 Å². The van der Waals surface area contributed by atoms with Crippen molar-refractivity contribution in [1.29, 1.82) is 0 Å². The molecule has 5 nitrogen and oxygen atoms in total. The maximum absolute atomic E-state index is 12.3. The number of ether oxygens (including phenoxy) is 1. The Morgan fingerprint density at radius 2 is 2.19 bits per heavy atom. The highest BCUT2D eigenvalue weighted by molar-refractivity contribution is 5.68. The van der Waals surface area contributed by atoms with Crippen molar-refractivity contribution in [2.24, 2.45) is 5.41 Å². The van der Waals surface area contributed by atoms with E-state index >= 15 is 0 Å². The predicted octanol–water partition coefficient (Wildman–Crippen LogP) is 3.23. The molecule has 21 heavy (non-hydrogen) atoms. The van der Waals surface area contributed by atoms with Gasteiger partial charge in [-0.3, -0.25) is 0 Å². The number of carbonyl (C=O) groups excluding carboxylic acids is 1. The highest BCUT2D eigenvalue weighted by atomic mass is 16.6. The Morgan fingerprint density at radius 1 is 1.48 bits per heavy atom. The Hall–Kier alpha value is -1.52. The molecule has 5 heteroatoms. The molecule has 1 amide bonds. The molecule has 118 valence electrons. The van der Waals surface area contributed by atoms with Crippen LogP contribution in [0.3, 0.4) is 0 Å². The van der Waals surface area contributed by atoms with Gasteiger partial charge in [0, 0.05) is 36.9 Å². The van der Waals surface area contributed by atoms with E-state index < -0.39 is 5.60 Å². The first-order chi connectivity index (χ1) is 9.69. The Balaban J connectivity index is 2.02. The van der Waals surface area contributed by atoms with Gasteiger partial charge in [-0.2, -0.15) is 0 Å². The summed E-state index contributed by atoms with van der Waals surface area (Å²) in [6, 6.07) is 0. The van der Waals surface area contributed by atoms with Gasteiger partial charge >= 0.3 is 6.09 Å². The fourth-order valence-corrected chi connectivity index (χ4v) is 2.89. The summed E-state index contributed by atoms with van der Waals surface area (Å²) in [6.07, 6.45) is 5.67. The van der Waals surface area contributed by atoms with Crippen LogP contribution in [0.15, 0.2) is 12.5 Å². The van der Waals surface area contributed by atoms with E-state index in [1.807, 2.05) is 38.2 Å². The molecule has 0 saturated carbocycles. The average Bonchev–Trinajstić information content (AvgIpc) is 2.72. The molecule has 2 heterocycles. The molecule has 1 saturated heterocycles. The molecule has 1 atom stereocenters. The number of nitrogens with zero attached hydrogens (tertiary/aromatic N) is 3. The monoisotopic (exact) mass is 293 g/mol. The number of rotatable bonds is 2. The van der Waals surface area contributed by atoms with Gasteiger partial charge in [0.25, 0.3) is 0 Å². The van der Waals surface area contributed by atoms with Crippen LogP contribution < -0.4 is 0 Å². The Kier molecular flexibility index (Phi) is 4.30. The van der Waals surface area contributed by atoms with E-state index in [0.717, 1.165) is 38.2 Å². The maximum Gasteiger partial charge on any atom is 0.410 e. The van der Waals surface area contributed by atoms with E-state index in [0.29, 0.717) is 0 Å². The quantitative estimate of drug-likeness (QED) is 0.841. The van der Waals surface area contributed by atoms with Crippen LogP contribution in [-0.2, 0) is 11.3 Å². The summed E-state index contributed by atoms with van der Waals surface area (Å²) in [7, 11) is 0. The summed E-state index contributed by atoms with van der Waals surface area (Å²) in [5.41, 5.74) is 0.789. The molecular weight excluding hydrogens is 266 g/mol. The molecule has 0 spiro atoms. The summed E-state index contributed by atoms with van der Waals surface area (Å²) < 4.78 is 7.66. The fourth-order valence-electron chi connectivity index (χ4n) is 2.89. The molecule has 0 N–H and O–H groups in total. The van der Waals surface area contributed by atoms with Gasteiger partial charge in [0.15, 0.2) is 0 Å². The van der Waals surface area contributed by atoms with Gasteiger partial charge in [-0.15, -0.1) is 0 Å². The molecule has 0 unspecified atom stereocenters. The highest BCUT2D eigenvalue weighted by Crippen LogP contribution is 2.32. The van der Waals surface area contributed by atoms with Gasteiger partial charge in [0.1, 0.15) is 5.60 Å². The number of amides is 1. The normalized spacial score (nSPS) is 23.2. The molecule has 2 rings (SSSR count). The van der Waals surface area contributed by atoms with E-state index in [-0.39, 0.29) is 11.5 Å². The standard InChI is InChI=1S/C16H27N3O2/c1-13-9-17-12-19(13)11-16(5)7-6-8-18(10-16)14(20)21-15(2,3)4/h9,12H,6-8,10-11H2,1-5H3/t16-/m0/s1. The van der Waals surface area contributed by atoms with E-state index in [2.05, 4.69) is 23.4 Å². The van der Waals surface area contributed by atoms with Crippen LogP contribution in [0.5, 0.6) is 0 Å². The zero-order chi connectivity index (χ0) is 15.7. The number of hydrogen-bond acceptors (Lipinski definition) is 3. The van der Waals surface area contributed by atoms with Crippen molar-refractivity contribution >= 4 is 6.09 Å². The molecule has 0 bridgehead atoms. The largest absolute Gasteiger partial charge is 0.444 e. The first-order valence-corrected chi connectivity index (χ1v) is 7.63. The van der Waals surface area contributed by atoms with E-state index in [4.69, 9.17) is 4.74 Å². The third-order valence-electron chi connectivity index (χ3n) is 3.91. The Bertz CT molecular complexity index is 504. The topological polar surface area (TPSA) is 47.4 Å². The van der Waals surface area contributed by atoms with Crippen molar-refractivity contribution in [2.45, 2.75) is 59.6 Å². The molecule has 1 fully saturated rings. The number of piperidine rings is 1. The number of imidazole rings is 1. The van der Waals surface area contributed by atoms with Crippen molar-refractivity contribution in [3.8, 4) is 0 Å². The third kappa shape index (κ3) is 4.22. The van der Waals surface area contributed by atoms with Crippen LogP contribution in [0.1, 0.15) is 46.2 Å². The van der Waals surface area contributed by atoms with E-state index in [1.54, 1.807) is 0 Å². The number of carbonyl (C=O) groups is 1. The zero-order valence-corrected chi connectivity index (χ0v) is 13.8. The lowest BCUT2D eigenvalue weighted by Gasteiger charge is -2.41. The lowest BCUT2D eigenvalue weighted by molar-refractivity contribution is 0.00409. The Labute approximate surface area is 127 Å². The maximum atomic E-state index is 12.3. The zero-order valence-electron chi connectivity index (χ0n) is 13.8. The van der Waals surface area contributed by atoms with Crippen LogP contribution >= 0.6 is 0 Å². The number of aromatic nitrogens is 2. The van der Waals surface area contributed by atoms with Crippen LogP contribution in [0, 0.1) is 12.3 Å². The van der Waals surface area contributed by atoms with Crippen molar-refractivity contribution in [1.82, 2.24) is 14.5 Å². The Morgan fingerprint density at radius 3 is 2.76 bits per heavy atom. The summed E-state index contributed by atoms with van der Waals surface area (Å²) >= 11 is 0. The molecule has 1 aliphatic rings. The number of likely N-dealkylation sites (tertiary alicyclic amines) is 1. The van der Waals surface area contributed by atoms with Gasteiger partial charge in [-0.1, -0.05) is 6.92 Å². The smallest absolute Gasteiger partial charge is 0.410 e. The van der Waals surface area contributed by atoms with Crippen LogP contribution in [-0.4, -0.2) is 39.2 Å². The van der Waals surface area contributed by atoms with Gasteiger partial charge in [-0.05, 0) is 40.5 Å². The van der Waals surface area contributed by atoms with Crippen molar-refractivity contribution < 1.29 is 9.53 Å². The van der Waals surface area contributed by atoms with Crippen LogP contribution in [0.4, 0.5) is 4.79 Å². The predicted molar refractivity (Wildman–Crippen MR) is 82.1 cm³/mol. The minimum Gasteiger partial charge on any atom is -0.444 e. The second kappa shape index (κ2) is 5.70. The first-order valence-electron chi connectivity index (χ1n) is 7.63. The molecule has 1 aromatic heterocycles. The van der Waals surface area contributed by atoms with Crippen molar-refractivity contribution in [3.63, 3.8) is 0 Å². The minimum atomic E-state index is -0.439. The summed E-state index contributed by atoms with van der Waals surface area (Å²) in [4.78, 5) is 18.3.